The van der Waals surface area contributed by atoms with Crippen molar-refractivity contribution in [3.05, 3.63) is 17.7 Å². The van der Waals surface area contributed by atoms with Crippen LogP contribution in [-0.4, -0.2) is 55.1 Å². The summed E-state index contributed by atoms with van der Waals surface area (Å²) in [6.45, 7) is 0. The van der Waals surface area contributed by atoms with Crippen LogP contribution < -0.4 is 24.8 Å². The summed E-state index contributed by atoms with van der Waals surface area (Å²) in [6.07, 6.45) is 5.68. The Morgan fingerprint density at radius 3 is 2.35 bits per heavy atom. The van der Waals surface area contributed by atoms with Gasteiger partial charge in [-0.15, -0.1) is 10.2 Å². The number of methoxy groups -OCH3 is 3. The molecule has 0 spiro atoms. The van der Waals surface area contributed by atoms with Gasteiger partial charge >= 0.3 is 0 Å². The number of aromatic nitrogens is 2. The fourth-order valence-electron chi connectivity index (χ4n) is 3.34. The molecule has 1 aromatic heterocycles. The second-order valence-electron chi connectivity index (χ2n) is 6.93. The lowest BCUT2D eigenvalue weighted by Crippen LogP contribution is -2.37. The van der Waals surface area contributed by atoms with Gasteiger partial charge in [-0.1, -0.05) is 42.4 Å². The molecule has 11 heteroatoms. The Morgan fingerprint density at radius 1 is 1.06 bits per heavy atom. The molecule has 0 bridgehead atoms. The Kier molecular flexibility index (Phi) is 8.35. The largest absolute Gasteiger partial charge is 0.493 e. The van der Waals surface area contributed by atoms with Crippen molar-refractivity contribution in [2.75, 3.05) is 32.4 Å². The average molecular weight is 467 g/mol. The first-order valence-corrected chi connectivity index (χ1v) is 11.7. The molecule has 9 nitrogen and oxygen atoms in total. The minimum atomic E-state index is -0.387. The summed E-state index contributed by atoms with van der Waals surface area (Å²) in [5.41, 5.74) is 0.325. The number of nitrogens with zero attached hydrogens (tertiary/aromatic N) is 2. The number of carbonyl (C=O) groups is 2. The maximum absolute atomic E-state index is 12.7. The molecule has 0 radical (unpaired) electrons. The van der Waals surface area contributed by atoms with Gasteiger partial charge in [0.2, 0.25) is 16.8 Å². The summed E-state index contributed by atoms with van der Waals surface area (Å²) in [7, 11) is 4.46. The lowest BCUT2D eigenvalue weighted by atomic mass is 9.95. The van der Waals surface area contributed by atoms with E-state index in [0.29, 0.717) is 32.3 Å². The molecule has 2 N–H and O–H groups in total. The van der Waals surface area contributed by atoms with Gasteiger partial charge in [0.25, 0.3) is 5.91 Å². The van der Waals surface area contributed by atoms with Crippen LogP contribution >= 0.6 is 23.1 Å². The highest BCUT2D eigenvalue weighted by atomic mass is 32.2. The van der Waals surface area contributed by atoms with Gasteiger partial charge in [-0.2, -0.15) is 0 Å². The lowest BCUT2D eigenvalue weighted by molar-refractivity contribution is -0.119. The molecule has 1 fully saturated rings. The van der Waals surface area contributed by atoms with Crippen LogP contribution in [0, 0.1) is 0 Å². The number of anilines is 1. The van der Waals surface area contributed by atoms with E-state index in [4.69, 9.17) is 14.2 Å². The Morgan fingerprint density at radius 2 is 1.74 bits per heavy atom. The van der Waals surface area contributed by atoms with Crippen LogP contribution in [0.4, 0.5) is 5.13 Å². The van der Waals surface area contributed by atoms with Gasteiger partial charge in [0.15, 0.2) is 15.8 Å². The Hall–Kier alpha value is -2.53. The van der Waals surface area contributed by atoms with E-state index in [0.717, 1.165) is 12.8 Å². The van der Waals surface area contributed by atoms with Crippen LogP contribution in [0.3, 0.4) is 0 Å². The van der Waals surface area contributed by atoms with Crippen LogP contribution in [0.15, 0.2) is 16.5 Å². The van der Waals surface area contributed by atoms with Crippen molar-refractivity contribution in [3.8, 4) is 17.2 Å². The first kappa shape index (κ1) is 23.1. The SMILES string of the molecule is COc1cc(C(=O)Nc2nnc(SCC(=O)NC3CCCCC3)s2)cc(OC)c1OC. The Labute approximate surface area is 189 Å². The normalized spacial score (nSPS) is 14.0. The number of carbonyl (C=O) groups excluding carboxylic acids is 2. The topological polar surface area (TPSA) is 112 Å². The minimum Gasteiger partial charge on any atom is -0.493 e. The van der Waals surface area contributed by atoms with Crippen molar-refractivity contribution >= 4 is 40.0 Å². The molecule has 1 heterocycles. The van der Waals surface area contributed by atoms with Gasteiger partial charge in [0.05, 0.1) is 27.1 Å². The number of benzene rings is 1. The lowest BCUT2D eigenvalue weighted by Gasteiger charge is -2.22. The van der Waals surface area contributed by atoms with Crippen LogP contribution in [0.1, 0.15) is 42.5 Å². The standard InChI is InChI=1S/C20H26N4O5S2/c1-27-14-9-12(10-15(28-2)17(14)29-3)18(26)22-19-23-24-20(31-19)30-11-16(25)21-13-7-5-4-6-8-13/h9-10,13H,4-8,11H2,1-3H3,(H,21,25)(H,22,23,26). The van der Waals surface area contributed by atoms with E-state index in [9.17, 15) is 9.59 Å². The minimum absolute atomic E-state index is 0.00453. The van der Waals surface area contributed by atoms with E-state index in [-0.39, 0.29) is 23.6 Å². The predicted octanol–water partition coefficient (Wildman–Crippen LogP) is 3.36. The molecule has 1 aromatic carbocycles. The fourth-order valence-corrected chi connectivity index (χ4v) is 4.90. The zero-order valence-corrected chi connectivity index (χ0v) is 19.4. The molecule has 2 aromatic rings. The molecule has 0 atom stereocenters. The monoisotopic (exact) mass is 466 g/mol. The number of amides is 2. The third kappa shape index (κ3) is 6.23. The molecular formula is C20H26N4O5S2. The van der Waals surface area contributed by atoms with Crippen molar-refractivity contribution in [1.82, 2.24) is 15.5 Å². The van der Waals surface area contributed by atoms with E-state index in [1.807, 2.05) is 0 Å². The zero-order chi connectivity index (χ0) is 22.2. The fraction of sp³-hybridized carbons (Fsp3) is 0.500. The van der Waals surface area contributed by atoms with Gasteiger partial charge in [-0.25, -0.2) is 0 Å². The zero-order valence-electron chi connectivity index (χ0n) is 17.7. The van der Waals surface area contributed by atoms with E-state index >= 15 is 0 Å². The second kappa shape index (κ2) is 11.2. The quantitative estimate of drug-likeness (QED) is 0.427. The van der Waals surface area contributed by atoms with Crippen LogP contribution in [0.25, 0.3) is 0 Å². The van der Waals surface area contributed by atoms with Gasteiger partial charge < -0.3 is 19.5 Å². The molecule has 0 unspecified atom stereocenters. The predicted molar refractivity (Wildman–Crippen MR) is 120 cm³/mol. The maximum Gasteiger partial charge on any atom is 0.257 e. The Balaban J connectivity index is 1.56. The maximum atomic E-state index is 12.7. The van der Waals surface area contributed by atoms with Crippen molar-refractivity contribution < 1.29 is 23.8 Å². The summed E-state index contributed by atoms with van der Waals surface area (Å²) in [5, 5.41) is 14.2. The van der Waals surface area contributed by atoms with Crippen molar-refractivity contribution in [1.29, 1.82) is 0 Å². The third-order valence-electron chi connectivity index (χ3n) is 4.85. The highest BCUT2D eigenvalue weighted by Gasteiger charge is 2.19. The number of hydrogen-bond donors (Lipinski definition) is 2. The first-order chi connectivity index (χ1) is 15.0. The molecule has 1 aliphatic rings. The van der Waals surface area contributed by atoms with Crippen LogP contribution in [0.2, 0.25) is 0 Å². The van der Waals surface area contributed by atoms with E-state index in [1.54, 1.807) is 12.1 Å². The number of rotatable bonds is 9. The molecule has 1 saturated carbocycles. The van der Waals surface area contributed by atoms with E-state index in [2.05, 4.69) is 20.8 Å². The number of hydrogen-bond acceptors (Lipinski definition) is 9. The second-order valence-corrected chi connectivity index (χ2v) is 9.13. The number of nitrogens with one attached hydrogen (secondary N) is 2. The van der Waals surface area contributed by atoms with Crippen molar-refractivity contribution in [2.24, 2.45) is 0 Å². The molecule has 2 amide bonds. The molecule has 3 rings (SSSR count). The highest BCUT2D eigenvalue weighted by molar-refractivity contribution is 8.01. The van der Waals surface area contributed by atoms with Gasteiger partial charge in [-0.3, -0.25) is 14.9 Å². The molecule has 0 saturated heterocycles. The molecule has 0 aliphatic heterocycles. The van der Waals surface area contributed by atoms with Crippen LogP contribution in [0.5, 0.6) is 17.2 Å². The summed E-state index contributed by atoms with van der Waals surface area (Å²) in [5.74, 6) is 1.04. The van der Waals surface area contributed by atoms with E-state index in [1.165, 1.54) is 63.7 Å². The number of ether oxygens (including phenoxy) is 3. The molecule has 31 heavy (non-hydrogen) atoms. The summed E-state index contributed by atoms with van der Waals surface area (Å²) in [4.78, 5) is 24.8. The van der Waals surface area contributed by atoms with Gasteiger partial charge in [-0.05, 0) is 25.0 Å². The molecule has 1 aliphatic carbocycles. The highest BCUT2D eigenvalue weighted by Crippen LogP contribution is 2.38. The summed E-state index contributed by atoms with van der Waals surface area (Å²) >= 11 is 2.52. The van der Waals surface area contributed by atoms with Gasteiger partial charge in [0, 0.05) is 11.6 Å². The Bertz CT molecular complexity index is 890. The summed E-state index contributed by atoms with van der Waals surface area (Å²) < 4.78 is 16.4. The van der Waals surface area contributed by atoms with Crippen molar-refractivity contribution in [3.63, 3.8) is 0 Å². The number of thioether (sulfide) groups is 1. The molecular weight excluding hydrogens is 440 g/mol. The smallest absolute Gasteiger partial charge is 0.257 e. The first-order valence-electron chi connectivity index (χ1n) is 9.91. The van der Waals surface area contributed by atoms with E-state index < -0.39 is 0 Å². The summed E-state index contributed by atoms with van der Waals surface area (Å²) in [6, 6.07) is 3.40. The van der Waals surface area contributed by atoms with Crippen LogP contribution in [-0.2, 0) is 4.79 Å². The van der Waals surface area contributed by atoms with Gasteiger partial charge in [0.1, 0.15) is 0 Å². The third-order valence-corrected chi connectivity index (χ3v) is 6.82. The average Bonchev–Trinajstić information content (AvgIpc) is 3.24. The van der Waals surface area contributed by atoms with Crippen molar-refractivity contribution in [2.45, 2.75) is 42.5 Å². The molecule has 168 valence electrons.